The van der Waals surface area contributed by atoms with E-state index in [9.17, 15) is 14.7 Å². The zero-order chi connectivity index (χ0) is 19.0. The topological polar surface area (TPSA) is 83.2 Å². The summed E-state index contributed by atoms with van der Waals surface area (Å²) >= 11 is 1.54. The van der Waals surface area contributed by atoms with Crippen molar-refractivity contribution in [1.82, 2.24) is 10.3 Å². The molecule has 6 nitrogen and oxygen atoms in total. The van der Waals surface area contributed by atoms with Crippen molar-refractivity contribution < 1.29 is 19.3 Å². The summed E-state index contributed by atoms with van der Waals surface area (Å²) in [5, 5.41) is 13.1. The van der Waals surface area contributed by atoms with Gasteiger partial charge < -0.3 is 10.4 Å². The van der Waals surface area contributed by atoms with Gasteiger partial charge in [0.2, 0.25) is 5.91 Å². The summed E-state index contributed by atoms with van der Waals surface area (Å²) in [4.78, 5) is 29.0. The summed E-state index contributed by atoms with van der Waals surface area (Å²) in [5.74, 6) is -1.17. The molecule has 7 heteroatoms. The molecule has 0 unspecified atom stereocenters. The number of aliphatic carboxylic acids is 1. The Balaban J connectivity index is 1.53. The number of carbonyl (C=O) groups is 2. The number of thiazole rings is 1. The minimum absolute atomic E-state index is 0.177. The average Bonchev–Trinajstić information content (AvgIpc) is 3.19. The molecule has 1 aliphatic rings. The van der Waals surface area contributed by atoms with Crippen LogP contribution in [0.2, 0.25) is 0 Å². The van der Waals surface area contributed by atoms with Gasteiger partial charge in [0.1, 0.15) is 17.6 Å². The van der Waals surface area contributed by atoms with Gasteiger partial charge in [0.05, 0.1) is 23.1 Å². The van der Waals surface area contributed by atoms with Crippen LogP contribution in [0.3, 0.4) is 0 Å². The fraction of sp³-hybridized carbons (Fsp3) is 0.300. The van der Waals surface area contributed by atoms with Gasteiger partial charge in [0, 0.05) is 6.07 Å². The molecule has 0 fully saturated rings. The van der Waals surface area contributed by atoms with Crippen LogP contribution in [0.1, 0.15) is 22.6 Å². The zero-order valence-electron chi connectivity index (χ0n) is 14.9. The molecule has 4 rings (SSSR count). The molecule has 138 valence electrons. The molecule has 0 saturated carbocycles. The molecule has 0 saturated heterocycles. The van der Waals surface area contributed by atoms with Gasteiger partial charge in [0.25, 0.3) is 0 Å². The second-order valence-corrected chi connectivity index (χ2v) is 8.24. The van der Waals surface area contributed by atoms with Crippen LogP contribution in [0.5, 0.6) is 0 Å². The number of nitrogens with one attached hydrogen (secondary N) is 1. The average molecular weight is 382 g/mol. The highest BCUT2D eigenvalue weighted by molar-refractivity contribution is 7.18. The highest BCUT2D eigenvalue weighted by atomic mass is 32.1. The minimum atomic E-state index is -0.953. The molecular weight excluding hydrogens is 362 g/mol. The molecule has 2 aromatic heterocycles. The largest absolute Gasteiger partial charge is 0.481 e. The standard InChI is InChI=1S/C20H19N3O3S/c1-23-7-6-16-15(12-23)22-17(27-16)11-21-19(26)20(10-18(24)25)8-13-4-2-3-5-14(13)9-20/h2-7,12H,8-11H2,1H3,(H-,21,24,25,26)/p+1. The van der Waals surface area contributed by atoms with E-state index in [1.807, 2.05) is 54.3 Å². The fourth-order valence-corrected chi connectivity index (χ4v) is 4.67. The molecule has 1 aromatic carbocycles. The number of aryl methyl sites for hydroxylation is 1. The molecule has 0 atom stereocenters. The summed E-state index contributed by atoms with van der Waals surface area (Å²) in [5.41, 5.74) is 2.07. The van der Waals surface area contributed by atoms with E-state index >= 15 is 0 Å². The van der Waals surface area contributed by atoms with E-state index in [0.717, 1.165) is 26.4 Å². The lowest BCUT2D eigenvalue weighted by Gasteiger charge is -2.25. The van der Waals surface area contributed by atoms with E-state index in [1.165, 1.54) is 11.3 Å². The smallest absolute Gasteiger partial charge is 0.304 e. The number of hydrogen-bond donors (Lipinski definition) is 2. The summed E-state index contributed by atoms with van der Waals surface area (Å²) in [7, 11) is 1.94. The molecule has 3 aromatic rings. The van der Waals surface area contributed by atoms with E-state index < -0.39 is 11.4 Å². The second-order valence-electron chi connectivity index (χ2n) is 7.12. The van der Waals surface area contributed by atoms with Gasteiger partial charge in [-0.1, -0.05) is 24.3 Å². The quantitative estimate of drug-likeness (QED) is 0.661. The Kier molecular flexibility index (Phi) is 4.39. The molecule has 0 radical (unpaired) electrons. The Hall–Kier alpha value is -2.80. The minimum Gasteiger partial charge on any atom is -0.481 e. The first-order chi connectivity index (χ1) is 12.9. The Morgan fingerprint density at radius 1 is 1.26 bits per heavy atom. The van der Waals surface area contributed by atoms with Crippen LogP contribution in [0.25, 0.3) is 10.2 Å². The Morgan fingerprint density at radius 3 is 2.63 bits per heavy atom. The Morgan fingerprint density at radius 2 is 1.96 bits per heavy atom. The number of pyridine rings is 1. The van der Waals surface area contributed by atoms with E-state index in [1.54, 1.807) is 0 Å². The van der Waals surface area contributed by atoms with E-state index in [4.69, 9.17) is 0 Å². The number of fused-ring (bicyclic) bond motifs is 2. The van der Waals surface area contributed by atoms with Crippen LogP contribution in [-0.2, 0) is 36.0 Å². The second kappa shape index (κ2) is 6.74. The van der Waals surface area contributed by atoms with Crippen molar-refractivity contribution >= 4 is 33.4 Å². The SMILES string of the molecule is C[n+]1ccc2sc(CNC(=O)C3(CC(=O)O)Cc4ccccc4C3)nc2c1. The molecule has 1 amide bonds. The number of hydrogen-bond acceptors (Lipinski definition) is 4. The maximum Gasteiger partial charge on any atom is 0.304 e. The number of carboxylic acid groups (broad SMARTS) is 1. The van der Waals surface area contributed by atoms with Crippen molar-refractivity contribution in [2.45, 2.75) is 25.8 Å². The van der Waals surface area contributed by atoms with Crippen molar-refractivity contribution in [3.8, 4) is 0 Å². The van der Waals surface area contributed by atoms with Crippen molar-refractivity contribution in [1.29, 1.82) is 0 Å². The summed E-state index contributed by atoms with van der Waals surface area (Å²) in [6.07, 6.45) is 4.63. The van der Waals surface area contributed by atoms with E-state index in [0.29, 0.717) is 19.4 Å². The van der Waals surface area contributed by atoms with Gasteiger partial charge >= 0.3 is 5.97 Å². The lowest BCUT2D eigenvalue weighted by molar-refractivity contribution is -0.670. The summed E-state index contributed by atoms with van der Waals surface area (Å²) < 4.78 is 2.99. The van der Waals surface area contributed by atoms with E-state index in [2.05, 4.69) is 10.3 Å². The fourth-order valence-electron chi connectivity index (χ4n) is 3.79. The maximum atomic E-state index is 13.0. The lowest BCUT2D eigenvalue weighted by Crippen LogP contribution is -2.43. The third-order valence-electron chi connectivity index (χ3n) is 5.06. The van der Waals surface area contributed by atoms with Crippen molar-refractivity contribution in [2.24, 2.45) is 12.5 Å². The van der Waals surface area contributed by atoms with Crippen molar-refractivity contribution in [2.75, 3.05) is 0 Å². The maximum absolute atomic E-state index is 13.0. The number of amides is 1. The zero-order valence-corrected chi connectivity index (χ0v) is 15.8. The van der Waals surface area contributed by atoms with Crippen LogP contribution < -0.4 is 9.88 Å². The molecule has 1 aliphatic carbocycles. The Labute approximate surface area is 160 Å². The van der Waals surface area contributed by atoms with E-state index in [-0.39, 0.29) is 12.3 Å². The van der Waals surface area contributed by atoms with Crippen molar-refractivity contribution in [3.05, 3.63) is 58.9 Å². The summed E-state index contributed by atoms with van der Waals surface area (Å²) in [6.45, 7) is 0.305. The van der Waals surface area contributed by atoms with Gasteiger partial charge in [-0.2, -0.15) is 0 Å². The number of rotatable bonds is 5. The predicted octanol–water partition coefficient (Wildman–Crippen LogP) is 2.00. The van der Waals surface area contributed by atoms with Gasteiger partial charge in [0.15, 0.2) is 12.4 Å². The molecule has 27 heavy (non-hydrogen) atoms. The first-order valence-electron chi connectivity index (χ1n) is 8.77. The molecular formula is C20H20N3O3S+. The first-order valence-corrected chi connectivity index (χ1v) is 9.58. The molecule has 2 heterocycles. The molecule has 0 aliphatic heterocycles. The normalized spacial score (nSPS) is 14.9. The number of carboxylic acids is 1. The number of carbonyl (C=O) groups excluding carboxylic acids is 1. The van der Waals surface area contributed by atoms with Crippen LogP contribution in [0.4, 0.5) is 0 Å². The monoisotopic (exact) mass is 382 g/mol. The number of benzene rings is 1. The van der Waals surface area contributed by atoms with Crippen LogP contribution in [-0.4, -0.2) is 22.0 Å². The van der Waals surface area contributed by atoms with Crippen LogP contribution in [0.15, 0.2) is 42.7 Å². The lowest BCUT2D eigenvalue weighted by atomic mass is 9.80. The molecule has 0 spiro atoms. The molecule has 0 bridgehead atoms. The molecule has 2 N–H and O–H groups in total. The Bertz CT molecular complexity index is 1020. The highest BCUT2D eigenvalue weighted by Gasteiger charge is 2.45. The third kappa shape index (κ3) is 3.42. The van der Waals surface area contributed by atoms with Gasteiger partial charge in [-0.3, -0.25) is 9.59 Å². The van der Waals surface area contributed by atoms with Crippen LogP contribution >= 0.6 is 11.3 Å². The van der Waals surface area contributed by atoms with Gasteiger partial charge in [-0.15, -0.1) is 11.3 Å². The number of nitrogens with zero attached hydrogens (tertiary/aromatic N) is 2. The first kappa shape index (κ1) is 17.6. The van der Waals surface area contributed by atoms with Crippen molar-refractivity contribution in [3.63, 3.8) is 0 Å². The number of aromatic nitrogens is 2. The van der Waals surface area contributed by atoms with Gasteiger partial charge in [-0.25, -0.2) is 9.55 Å². The van der Waals surface area contributed by atoms with Crippen LogP contribution in [0, 0.1) is 5.41 Å². The third-order valence-corrected chi connectivity index (χ3v) is 6.10. The van der Waals surface area contributed by atoms with Gasteiger partial charge in [-0.05, 0) is 24.0 Å². The highest BCUT2D eigenvalue weighted by Crippen LogP contribution is 2.40. The predicted molar refractivity (Wildman–Crippen MR) is 101 cm³/mol. The summed E-state index contributed by atoms with van der Waals surface area (Å²) in [6, 6.07) is 9.79.